The molecule has 2 aromatic carbocycles. The summed E-state index contributed by atoms with van der Waals surface area (Å²) in [4.78, 5) is 11.5. The Hall–Kier alpha value is -2.73. The van der Waals surface area contributed by atoms with Crippen molar-refractivity contribution >= 4 is 11.8 Å². The molecule has 0 aliphatic heterocycles. The molecule has 0 unspecified atom stereocenters. The second-order valence-electron chi connectivity index (χ2n) is 4.89. The number of carbonyl (C=O) groups excluding carboxylic acids is 1. The Balaban J connectivity index is 2.10. The van der Waals surface area contributed by atoms with Crippen LogP contribution >= 0.6 is 0 Å². The highest BCUT2D eigenvalue weighted by Gasteiger charge is 2.10. The molecule has 6 nitrogen and oxygen atoms in total. The molecule has 0 fully saturated rings. The average molecular weight is 331 g/mol. The van der Waals surface area contributed by atoms with E-state index in [0.29, 0.717) is 37.0 Å². The van der Waals surface area contributed by atoms with Gasteiger partial charge in [0, 0.05) is 13.2 Å². The summed E-state index contributed by atoms with van der Waals surface area (Å²) in [5.74, 6) is 1.13. The van der Waals surface area contributed by atoms with E-state index in [4.69, 9.17) is 14.2 Å². The predicted octanol–water partition coefficient (Wildman–Crippen LogP) is 3.47. The van der Waals surface area contributed by atoms with Crippen LogP contribution in [0.4, 0.5) is 10.5 Å². The van der Waals surface area contributed by atoms with Crippen LogP contribution in [0.2, 0.25) is 0 Å². The largest absolute Gasteiger partial charge is 0.491 e. The normalized spacial score (nSPS) is 10.1. The number of hydrogen-bond donors (Lipinski definition) is 1. The van der Waals surface area contributed by atoms with Crippen LogP contribution in [0, 0.1) is 0 Å². The monoisotopic (exact) mass is 331 g/mol. The van der Waals surface area contributed by atoms with E-state index in [0.717, 1.165) is 5.56 Å². The SMILES string of the molecule is COCCOc1ccc(OCc2ccccc2)c(NC(=O)OC)c1. The number of nitrogens with one attached hydrogen (secondary N) is 1. The Morgan fingerprint density at radius 2 is 1.79 bits per heavy atom. The molecule has 1 amide bonds. The lowest BCUT2D eigenvalue weighted by Gasteiger charge is -2.14. The zero-order valence-electron chi connectivity index (χ0n) is 13.8. The predicted molar refractivity (Wildman–Crippen MR) is 90.6 cm³/mol. The summed E-state index contributed by atoms with van der Waals surface area (Å²) in [7, 11) is 2.91. The fourth-order valence-electron chi connectivity index (χ4n) is 1.96. The van der Waals surface area contributed by atoms with Gasteiger partial charge in [0.2, 0.25) is 0 Å². The molecule has 6 heteroatoms. The number of methoxy groups -OCH3 is 2. The van der Waals surface area contributed by atoms with E-state index >= 15 is 0 Å². The van der Waals surface area contributed by atoms with Crippen LogP contribution in [0.5, 0.6) is 11.5 Å². The maximum Gasteiger partial charge on any atom is 0.411 e. The summed E-state index contributed by atoms with van der Waals surface area (Å²) in [6.45, 7) is 1.28. The molecule has 0 saturated heterocycles. The van der Waals surface area contributed by atoms with Crippen molar-refractivity contribution in [2.24, 2.45) is 0 Å². The van der Waals surface area contributed by atoms with Gasteiger partial charge in [-0.2, -0.15) is 0 Å². The first kappa shape index (κ1) is 17.6. The van der Waals surface area contributed by atoms with Gasteiger partial charge in [0.1, 0.15) is 24.7 Å². The lowest BCUT2D eigenvalue weighted by atomic mass is 10.2. The topological polar surface area (TPSA) is 66.0 Å². The summed E-state index contributed by atoms with van der Waals surface area (Å²) in [5, 5.41) is 2.63. The molecule has 0 aliphatic carbocycles. The number of ether oxygens (including phenoxy) is 4. The van der Waals surface area contributed by atoms with Crippen LogP contribution in [-0.4, -0.2) is 33.5 Å². The average Bonchev–Trinajstić information content (AvgIpc) is 2.62. The molecular weight excluding hydrogens is 310 g/mol. The van der Waals surface area contributed by atoms with Gasteiger partial charge in [-0.1, -0.05) is 30.3 Å². The lowest BCUT2D eigenvalue weighted by molar-refractivity contribution is 0.146. The van der Waals surface area contributed by atoms with E-state index in [1.165, 1.54) is 7.11 Å². The van der Waals surface area contributed by atoms with Crippen molar-refractivity contribution < 1.29 is 23.7 Å². The molecule has 0 radical (unpaired) electrons. The molecule has 0 bridgehead atoms. The molecule has 128 valence electrons. The van der Waals surface area contributed by atoms with Crippen molar-refractivity contribution in [1.29, 1.82) is 0 Å². The van der Waals surface area contributed by atoms with Crippen LogP contribution in [0.3, 0.4) is 0 Å². The second-order valence-corrected chi connectivity index (χ2v) is 4.89. The van der Waals surface area contributed by atoms with E-state index in [1.54, 1.807) is 25.3 Å². The molecule has 0 saturated carbocycles. The Kier molecular flexibility index (Phi) is 6.91. The standard InChI is InChI=1S/C18H21NO5/c1-21-10-11-23-15-8-9-17(16(12-15)19-18(20)22-2)24-13-14-6-4-3-5-7-14/h3-9,12H,10-11,13H2,1-2H3,(H,19,20). The first-order valence-corrected chi connectivity index (χ1v) is 7.50. The van der Waals surface area contributed by atoms with Crippen molar-refractivity contribution in [2.45, 2.75) is 6.61 Å². The van der Waals surface area contributed by atoms with Crippen LogP contribution in [0.1, 0.15) is 5.56 Å². The minimum absolute atomic E-state index is 0.389. The molecule has 0 aromatic heterocycles. The molecule has 0 spiro atoms. The third-order valence-electron chi connectivity index (χ3n) is 3.17. The summed E-state index contributed by atoms with van der Waals surface area (Å²) in [5.41, 5.74) is 1.51. The number of benzene rings is 2. The van der Waals surface area contributed by atoms with E-state index in [-0.39, 0.29) is 0 Å². The highest BCUT2D eigenvalue weighted by molar-refractivity contribution is 5.87. The highest BCUT2D eigenvalue weighted by Crippen LogP contribution is 2.30. The van der Waals surface area contributed by atoms with Gasteiger partial charge in [-0.05, 0) is 17.7 Å². The van der Waals surface area contributed by atoms with Gasteiger partial charge in [0.15, 0.2) is 0 Å². The van der Waals surface area contributed by atoms with Gasteiger partial charge < -0.3 is 18.9 Å². The van der Waals surface area contributed by atoms with Gasteiger partial charge in [-0.3, -0.25) is 5.32 Å². The van der Waals surface area contributed by atoms with Crippen LogP contribution in [-0.2, 0) is 16.1 Å². The Bertz CT molecular complexity index is 645. The Labute approximate surface area is 141 Å². The summed E-state index contributed by atoms with van der Waals surface area (Å²) in [6.07, 6.45) is -0.575. The van der Waals surface area contributed by atoms with Crippen LogP contribution in [0.25, 0.3) is 0 Å². The number of carbonyl (C=O) groups is 1. The quantitative estimate of drug-likeness (QED) is 0.750. The molecule has 0 aliphatic rings. The van der Waals surface area contributed by atoms with Crippen molar-refractivity contribution in [2.75, 3.05) is 32.8 Å². The second kappa shape index (κ2) is 9.42. The fourth-order valence-corrected chi connectivity index (χ4v) is 1.96. The number of rotatable bonds is 8. The third-order valence-corrected chi connectivity index (χ3v) is 3.17. The van der Waals surface area contributed by atoms with E-state index < -0.39 is 6.09 Å². The van der Waals surface area contributed by atoms with Gasteiger partial charge in [-0.25, -0.2) is 4.79 Å². The Morgan fingerprint density at radius 1 is 1.00 bits per heavy atom. The minimum Gasteiger partial charge on any atom is -0.491 e. The molecule has 1 N–H and O–H groups in total. The van der Waals surface area contributed by atoms with Gasteiger partial charge in [-0.15, -0.1) is 0 Å². The maximum absolute atomic E-state index is 11.5. The highest BCUT2D eigenvalue weighted by atomic mass is 16.5. The van der Waals surface area contributed by atoms with Crippen molar-refractivity contribution in [3.63, 3.8) is 0 Å². The third kappa shape index (κ3) is 5.48. The number of amides is 1. The summed E-state index contributed by atoms with van der Waals surface area (Å²) < 4.78 is 20.9. The van der Waals surface area contributed by atoms with E-state index in [1.807, 2.05) is 30.3 Å². The van der Waals surface area contributed by atoms with E-state index in [9.17, 15) is 4.79 Å². The number of anilines is 1. The van der Waals surface area contributed by atoms with Gasteiger partial charge in [0.05, 0.1) is 19.4 Å². The molecule has 2 rings (SSSR count). The molecule has 0 atom stereocenters. The molecule has 0 heterocycles. The fraction of sp³-hybridized carbons (Fsp3) is 0.278. The van der Waals surface area contributed by atoms with Crippen molar-refractivity contribution in [1.82, 2.24) is 0 Å². The first-order valence-electron chi connectivity index (χ1n) is 7.50. The van der Waals surface area contributed by atoms with Crippen molar-refractivity contribution in [3.05, 3.63) is 54.1 Å². The smallest absolute Gasteiger partial charge is 0.411 e. The first-order chi connectivity index (χ1) is 11.7. The van der Waals surface area contributed by atoms with Gasteiger partial charge >= 0.3 is 6.09 Å². The lowest BCUT2D eigenvalue weighted by Crippen LogP contribution is -2.12. The van der Waals surface area contributed by atoms with Gasteiger partial charge in [0.25, 0.3) is 0 Å². The molecule has 2 aromatic rings. The Morgan fingerprint density at radius 3 is 2.50 bits per heavy atom. The van der Waals surface area contributed by atoms with E-state index in [2.05, 4.69) is 10.1 Å². The van der Waals surface area contributed by atoms with Crippen molar-refractivity contribution in [3.8, 4) is 11.5 Å². The minimum atomic E-state index is -0.575. The maximum atomic E-state index is 11.5. The molecule has 24 heavy (non-hydrogen) atoms. The summed E-state index contributed by atoms with van der Waals surface area (Å²) in [6, 6.07) is 15.0. The van der Waals surface area contributed by atoms with Crippen LogP contribution in [0.15, 0.2) is 48.5 Å². The van der Waals surface area contributed by atoms with Crippen LogP contribution < -0.4 is 14.8 Å². The number of hydrogen-bond acceptors (Lipinski definition) is 5. The summed E-state index contributed by atoms with van der Waals surface area (Å²) >= 11 is 0. The zero-order chi connectivity index (χ0) is 17.2. The molecular formula is C18H21NO5. The zero-order valence-corrected chi connectivity index (χ0v) is 13.8.